The lowest BCUT2D eigenvalue weighted by molar-refractivity contribution is 0.285. The van der Waals surface area contributed by atoms with Crippen LogP contribution in [0.5, 0.6) is 5.75 Å². The number of nitrogens with zero attached hydrogens (tertiary/aromatic N) is 3. The zero-order chi connectivity index (χ0) is 14.1. The second-order valence-corrected chi connectivity index (χ2v) is 5.47. The Morgan fingerprint density at radius 1 is 1.35 bits per heavy atom. The lowest BCUT2D eigenvalue weighted by Crippen LogP contribution is -2.12. The summed E-state index contributed by atoms with van der Waals surface area (Å²) in [6.45, 7) is 5.38. The van der Waals surface area contributed by atoms with Crippen LogP contribution in [0.25, 0.3) is 0 Å². The maximum Gasteiger partial charge on any atom is 0.169 e. The molecular weight excluding hydrogens is 252 g/mol. The van der Waals surface area contributed by atoms with E-state index in [2.05, 4.69) is 42.4 Å². The first-order chi connectivity index (χ1) is 9.65. The minimum Gasteiger partial charge on any atom is -0.491 e. The highest BCUT2D eigenvalue weighted by Gasteiger charge is 2.30. The Hall–Kier alpha value is -2.04. The SMILES string of the molecule is Cc1ccc(C)c(OCCn2nnc(N)c2C2CC2)c1. The molecule has 1 aliphatic rings. The van der Waals surface area contributed by atoms with E-state index in [0.717, 1.165) is 17.0 Å². The van der Waals surface area contributed by atoms with Crippen LogP contribution in [0, 0.1) is 13.8 Å². The van der Waals surface area contributed by atoms with Crippen LogP contribution in [0.3, 0.4) is 0 Å². The van der Waals surface area contributed by atoms with Crippen molar-refractivity contribution in [3.63, 3.8) is 0 Å². The fourth-order valence-electron chi connectivity index (χ4n) is 2.38. The van der Waals surface area contributed by atoms with E-state index < -0.39 is 0 Å². The van der Waals surface area contributed by atoms with Gasteiger partial charge in [0.2, 0.25) is 0 Å². The van der Waals surface area contributed by atoms with Crippen LogP contribution >= 0.6 is 0 Å². The van der Waals surface area contributed by atoms with Crippen LogP contribution in [-0.2, 0) is 6.54 Å². The third kappa shape index (κ3) is 2.61. The van der Waals surface area contributed by atoms with E-state index in [-0.39, 0.29) is 0 Å². The summed E-state index contributed by atoms with van der Waals surface area (Å²) in [6.07, 6.45) is 2.38. The molecular formula is C15H20N4O. The molecule has 106 valence electrons. The summed E-state index contributed by atoms with van der Waals surface area (Å²) in [5, 5.41) is 8.08. The number of ether oxygens (including phenoxy) is 1. The van der Waals surface area contributed by atoms with Gasteiger partial charge in [-0.1, -0.05) is 17.3 Å². The summed E-state index contributed by atoms with van der Waals surface area (Å²) in [5.74, 6) is 2.05. The molecule has 0 amide bonds. The molecule has 0 bridgehead atoms. The maximum absolute atomic E-state index is 5.87. The Balaban J connectivity index is 1.64. The van der Waals surface area contributed by atoms with Crippen LogP contribution in [-0.4, -0.2) is 21.6 Å². The van der Waals surface area contributed by atoms with Crippen molar-refractivity contribution in [1.29, 1.82) is 0 Å². The number of aromatic nitrogens is 3. The van der Waals surface area contributed by atoms with Crippen molar-refractivity contribution in [2.45, 2.75) is 39.2 Å². The van der Waals surface area contributed by atoms with Gasteiger partial charge >= 0.3 is 0 Å². The molecule has 5 nitrogen and oxygen atoms in total. The third-order valence-corrected chi connectivity index (χ3v) is 3.67. The van der Waals surface area contributed by atoms with Gasteiger partial charge in [0, 0.05) is 5.92 Å². The third-order valence-electron chi connectivity index (χ3n) is 3.67. The molecule has 2 aromatic rings. The van der Waals surface area contributed by atoms with Gasteiger partial charge in [-0.15, -0.1) is 5.10 Å². The largest absolute Gasteiger partial charge is 0.491 e. The van der Waals surface area contributed by atoms with Crippen molar-refractivity contribution in [2.75, 3.05) is 12.3 Å². The zero-order valence-electron chi connectivity index (χ0n) is 12.0. The highest BCUT2D eigenvalue weighted by Crippen LogP contribution is 2.41. The van der Waals surface area contributed by atoms with Crippen molar-refractivity contribution in [3.05, 3.63) is 35.0 Å². The van der Waals surface area contributed by atoms with E-state index >= 15 is 0 Å². The lowest BCUT2D eigenvalue weighted by atomic mass is 10.1. The predicted octanol–water partition coefficient (Wildman–Crippen LogP) is 2.43. The molecule has 1 aromatic carbocycles. The molecule has 1 aliphatic carbocycles. The molecule has 5 heteroatoms. The Kier molecular flexibility index (Phi) is 3.34. The van der Waals surface area contributed by atoms with Crippen LogP contribution in [0.2, 0.25) is 0 Å². The summed E-state index contributed by atoms with van der Waals surface area (Å²) in [4.78, 5) is 0. The second-order valence-electron chi connectivity index (χ2n) is 5.47. The Bertz CT molecular complexity index is 616. The molecule has 20 heavy (non-hydrogen) atoms. The van der Waals surface area contributed by atoms with Gasteiger partial charge in [-0.05, 0) is 43.9 Å². The average molecular weight is 272 g/mol. The van der Waals surface area contributed by atoms with Crippen LogP contribution < -0.4 is 10.5 Å². The van der Waals surface area contributed by atoms with Gasteiger partial charge in [-0.25, -0.2) is 4.68 Å². The lowest BCUT2D eigenvalue weighted by Gasteiger charge is -2.11. The van der Waals surface area contributed by atoms with Gasteiger partial charge in [-0.2, -0.15) is 0 Å². The molecule has 1 fully saturated rings. The van der Waals surface area contributed by atoms with Gasteiger partial charge in [0.15, 0.2) is 5.82 Å². The van der Waals surface area contributed by atoms with E-state index in [0.29, 0.717) is 24.9 Å². The molecule has 0 radical (unpaired) electrons. The van der Waals surface area contributed by atoms with Gasteiger partial charge in [0.25, 0.3) is 0 Å². The van der Waals surface area contributed by atoms with Crippen LogP contribution in [0.15, 0.2) is 18.2 Å². The van der Waals surface area contributed by atoms with E-state index in [1.165, 1.54) is 18.4 Å². The molecule has 2 N–H and O–H groups in total. The molecule has 0 saturated heterocycles. The fraction of sp³-hybridized carbons (Fsp3) is 0.467. The molecule has 0 atom stereocenters. The summed E-state index contributed by atoms with van der Waals surface area (Å²) in [6, 6.07) is 6.23. The molecule has 3 rings (SSSR count). The predicted molar refractivity (Wildman–Crippen MR) is 77.8 cm³/mol. The van der Waals surface area contributed by atoms with Gasteiger partial charge in [0.05, 0.1) is 12.2 Å². The van der Waals surface area contributed by atoms with Gasteiger partial charge < -0.3 is 10.5 Å². The summed E-state index contributed by atoms with van der Waals surface area (Å²) in [5.41, 5.74) is 9.30. The minimum absolute atomic E-state index is 0.547. The van der Waals surface area contributed by atoms with E-state index in [1.807, 2.05) is 4.68 Å². The zero-order valence-corrected chi connectivity index (χ0v) is 12.0. The normalized spacial score (nSPS) is 14.5. The molecule has 0 unspecified atom stereocenters. The standard InChI is InChI=1S/C15H20N4O/c1-10-3-4-11(2)13(9-10)20-8-7-19-14(12-5-6-12)15(16)17-18-19/h3-4,9,12H,5-8,16H2,1-2H3. The number of anilines is 1. The molecule has 1 saturated carbocycles. The minimum atomic E-state index is 0.547. The maximum atomic E-state index is 5.87. The molecule has 0 aliphatic heterocycles. The molecule has 1 heterocycles. The van der Waals surface area contributed by atoms with E-state index in [1.54, 1.807) is 0 Å². The number of hydrogen-bond donors (Lipinski definition) is 1. The van der Waals surface area contributed by atoms with Crippen LogP contribution in [0.1, 0.15) is 35.6 Å². The first kappa shape index (κ1) is 13.0. The topological polar surface area (TPSA) is 66.0 Å². The highest BCUT2D eigenvalue weighted by atomic mass is 16.5. The van der Waals surface area contributed by atoms with Crippen molar-refractivity contribution >= 4 is 5.82 Å². The molecule has 0 spiro atoms. The first-order valence-corrected chi connectivity index (χ1v) is 7.04. The average Bonchev–Trinajstić information content (AvgIpc) is 3.18. The van der Waals surface area contributed by atoms with Crippen molar-refractivity contribution in [2.24, 2.45) is 0 Å². The number of aryl methyl sites for hydroxylation is 2. The summed E-state index contributed by atoms with van der Waals surface area (Å²) < 4.78 is 7.74. The number of hydrogen-bond acceptors (Lipinski definition) is 4. The Morgan fingerprint density at radius 2 is 2.15 bits per heavy atom. The monoisotopic (exact) mass is 272 g/mol. The Morgan fingerprint density at radius 3 is 2.90 bits per heavy atom. The second kappa shape index (κ2) is 5.15. The fourth-order valence-corrected chi connectivity index (χ4v) is 2.38. The van der Waals surface area contributed by atoms with Gasteiger partial charge in [0.1, 0.15) is 12.4 Å². The number of nitrogen functional groups attached to an aromatic ring is 1. The quantitative estimate of drug-likeness (QED) is 0.907. The van der Waals surface area contributed by atoms with Crippen LogP contribution in [0.4, 0.5) is 5.82 Å². The molecule has 1 aromatic heterocycles. The van der Waals surface area contributed by atoms with Crippen molar-refractivity contribution < 1.29 is 4.74 Å². The van der Waals surface area contributed by atoms with Gasteiger partial charge in [-0.3, -0.25) is 0 Å². The summed E-state index contributed by atoms with van der Waals surface area (Å²) >= 11 is 0. The first-order valence-electron chi connectivity index (χ1n) is 7.04. The highest BCUT2D eigenvalue weighted by molar-refractivity contribution is 5.38. The van der Waals surface area contributed by atoms with Crippen molar-refractivity contribution in [3.8, 4) is 5.75 Å². The number of rotatable bonds is 5. The number of benzene rings is 1. The van der Waals surface area contributed by atoms with E-state index in [9.17, 15) is 0 Å². The Labute approximate surface area is 118 Å². The smallest absolute Gasteiger partial charge is 0.169 e. The van der Waals surface area contributed by atoms with E-state index in [4.69, 9.17) is 10.5 Å². The summed E-state index contributed by atoms with van der Waals surface area (Å²) in [7, 11) is 0. The van der Waals surface area contributed by atoms with Crippen molar-refractivity contribution in [1.82, 2.24) is 15.0 Å². The number of nitrogens with two attached hydrogens (primary N) is 1.